The number of nitrogens with zero attached hydrogens (tertiary/aromatic N) is 2. The molecule has 4 rings (SSSR count). The summed E-state index contributed by atoms with van der Waals surface area (Å²) in [5.41, 5.74) is 3.89. The molecule has 0 amide bonds. The highest BCUT2D eigenvalue weighted by molar-refractivity contribution is 7.89. The lowest BCUT2D eigenvalue weighted by molar-refractivity contribution is 0.401. The third-order valence-electron chi connectivity index (χ3n) is 5.33. The van der Waals surface area contributed by atoms with E-state index in [4.69, 9.17) is 0 Å². The van der Waals surface area contributed by atoms with E-state index in [0.717, 1.165) is 22.4 Å². The highest BCUT2D eigenvalue weighted by atomic mass is 32.2. The first kappa shape index (κ1) is 22.9. The number of benzene rings is 3. The number of aromatic nitrogens is 1. The van der Waals surface area contributed by atoms with E-state index in [0.29, 0.717) is 31.1 Å². The van der Waals surface area contributed by atoms with Crippen molar-refractivity contribution in [1.29, 1.82) is 0 Å². The predicted molar refractivity (Wildman–Crippen MR) is 131 cm³/mol. The Morgan fingerprint density at radius 3 is 1.76 bits per heavy atom. The molecule has 0 aliphatic rings. The van der Waals surface area contributed by atoms with Crippen LogP contribution >= 0.6 is 0 Å². The fourth-order valence-electron chi connectivity index (χ4n) is 3.57. The maximum Gasteiger partial charge on any atom is 0.243 e. The van der Waals surface area contributed by atoms with Crippen molar-refractivity contribution in [3.05, 3.63) is 132 Å². The number of sulfonamides is 1. The summed E-state index contributed by atoms with van der Waals surface area (Å²) < 4.78 is 28.6. The van der Waals surface area contributed by atoms with Gasteiger partial charge < -0.3 is 5.32 Å². The smallest absolute Gasteiger partial charge is 0.243 e. The molecule has 0 aliphatic carbocycles. The van der Waals surface area contributed by atoms with Gasteiger partial charge in [0.25, 0.3) is 0 Å². The first-order chi connectivity index (χ1) is 16.1. The summed E-state index contributed by atoms with van der Waals surface area (Å²) >= 11 is 0. The predicted octanol–water partition coefficient (Wildman–Crippen LogP) is 4.76. The molecule has 33 heavy (non-hydrogen) atoms. The Balaban J connectivity index is 1.48. The van der Waals surface area contributed by atoms with E-state index < -0.39 is 10.0 Å². The van der Waals surface area contributed by atoms with Gasteiger partial charge in [0.05, 0.1) is 10.6 Å². The molecule has 0 atom stereocenters. The summed E-state index contributed by atoms with van der Waals surface area (Å²) in [6, 6.07) is 32.3. The molecule has 168 valence electrons. The highest BCUT2D eigenvalue weighted by Crippen LogP contribution is 2.22. The first-order valence-corrected chi connectivity index (χ1v) is 12.3. The second-order valence-corrected chi connectivity index (χ2v) is 9.75. The molecule has 0 saturated carbocycles. The molecule has 5 nitrogen and oxygen atoms in total. The molecule has 1 aromatic heterocycles. The summed E-state index contributed by atoms with van der Waals surface area (Å²) in [7, 11) is -3.67. The Hall–Kier alpha value is -3.32. The molecule has 6 heteroatoms. The lowest BCUT2D eigenvalue weighted by Crippen LogP contribution is -2.30. The molecule has 0 aliphatic heterocycles. The van der Waals surface area contributed by atoms with E-state index in [9.17, 15) is 8.42 Å². The Kier molecular flexibility index (Phi) is 7.62. The maximum absolute atomic E-state index is 13.6. The van der Waals surface area contributed by atoms with Crippen LogP contribution in [-0.2, 0) is 36.2 Å². The van der Waals surface area contributed by atoms with Gasteiger partial charge in [-0.1, -0.05) is 78.9 Å². The van der Waals surface area contributed by atoms with E-state index in [1.165, 1.54) is 4.31 Å². The Labute approximate surface area is 195 Å². The zero-order chi connectivity index (χ0) is 22.9. The molecule has 0 radical (unpaired) electrons. The average Bonchev–Trinajstić information content (AvgIpc) is 2.86. The topological polar surface area (TPSA) is 62.3 Å². The van der Waals surface area contributed by atoms with Crippen LogP contribution < -0.4 is 5.32 Å². The molecule has 0 bridgehead atoms. The van der Waals surface area contributed by atoms with Crippen LogP contribution in [0, 0.1) is 0 Å². The highest BCUT2D eigenvalue weighted by Gasteiger charge is 2.25. The van der Waals surface area contributed by atoms with Crippen LogP contribution in [0.4, 0.5) is 0 Å². The molecule has 1 heterocycles. The van der Waals surface area contributed by atoms with Gasteiger partial charge in [-0.3, -0.25) is 4.98 Å². The summed E-state index contributed by atoms with van der Waals surface area (Å²) in [4.78, 5) is 4.59. The number of hydrogen-bond acceptors (Lipinski definition) is 4. The minimum Gasteiger partial charge on any atom is -0.307 e. The van der Waals surface area contributed by atoms with Crippen LogP contribution in [0.25, 0.3) is 0 Å². The maximum atomic E-state index is 13.6. The third kappa shape index (κ3) is 6.35. The van der Waals surface area contributed by atoms with Gasteiger partial charge in [-0.05, 0) is 41.0 Å². The zero-order valence-electron chi connectivity index (χ0n) is 18.3. The van der Waals surface area contributed by atoms with E-state index in [1.807, 2.05) is 91.0 Å². The summed E-state index contributed by atoms with van der Waals surface area (Å²) in [6.07, 6.45) is 1.77. The molecule has 1 N–H and O–H groups in total. The van der Waals surface area contributed by atoms with Crippen molar-refractivity contribution in [2.24, 2.45) is 0 Å². The summed E-state index contributed by atoms with van der Waals surface area (Å²) in [5.74, 6) is 0. The molecule has 4 aromatic rings. The monoisotopic (exact) mass is 457 g/mol. The van der Waals surface area contributed by atoms with E-state index >= 15 is 0 Å². The zero-order valence-corrected chi connectivity index (χ0v) is 19.2. The van der Waals surface area contributed by atoms with Gasteiger partial charge in [0, 0.05) is 32.4 Å². The first-order valence-electron chi connectivity index (χ1n) is 10.9. The quantitative estimate of drug-likeness (QED) is 0.373. The summed E-state index contributed by atoms with van der Waals surface area (Å²) in [5, 5.41) is 3.34. The largest absolute Gasteiger partial charge is 0.307 e. The fraction of sp³-hybridized carbons (Fsp3) is 0.148. The molecule has 0 saturated heterocycles. The standard InChI is InChI=1S/C27H27N3O2S/c31-33(32,27-16-14-23(15-17-27)19-28-20-26-13-7-8-18-29-26)30(21-24-9-3-1-4-10-24)22-25-11-5-2-6-12-25/h1-18,28H,19-22H2. The SMILES string of the molecule is O=S(=O)(c1ccc(CNCc2ccccn2)cc1)N(Cc1ccccc1)Cc1ccccc1. The number of rotatable bonds is 10. The Morgan fingerprint density at radius 1 is 0.636 bits per heavy atom. The van der Waals surface area contributed by atoms with Crippen LogP contribution in [0.2, 0.25) is 0 Å². The minimum absolute atomic E-state index is 0.294. The van der Waals surface area contributed by atoms with Crippen LogP contribution in [0.5, 0.6) is 0 Å². The summed E-state index contributed by atoms with van der Waals surface area (Å²) in [6.45, 7) is 1.91. The van der Waals surface area contributed by atoms with Crippen molar-refractivity contribution in [2.75, 3.05) is 0 Å². The van der Waals surface area contributed by atoms with Crippen LogP contribution in [-0.4, -0.2) is 17.7 Å². The van der Waals surface area contributed by atoms with E-state index in [-0.39, 0.29) is 0 Å². The van der Waals surface area contributed by atoms with Gasteiger partial charge in [0.1, 0.15) is 0 Å². The number of hydrogen-bond donors (Lipinski definition) is 1. The molecule has 0 fully saturated rings. The second kappa shape index (κ2) is 11.0. The van der Waals surface area contributed by atoms with Crippen LogP contribution in [0.3, 0.4) is 0 Å². The van der Waals surface area contributed by atoms with Gasteiger partial charge in [-0.2, -0.15) is 4.31 Å². The molecule has 0 spiro atoms. The lowest BCUT2D eigenvalue weighted by atomic mass is 10.2. The fourth-order valence-corrected chi connectivity index (χ4v) is 4.98. The van der Waals surface area contributed by atoms with E-state index in [2.05, 4.69) is 10.3 Å². The van der Waals surface area contributed by atoms with Crippen LogP contribution in [0.1, 0.15) is 22.4 Å². The van der Waals surface area contributed by atoms with E-state index in [1.54, 1.807) is 18.3 Å². The number of nitrogens with one attached hydrogen (secondary N) is 1. The van der Waals surface area contributed by atoms with Crippen molar-refractivity contribution in [3.8, 4) is 0 Å². The second-order valence-electron chi connectivity index (χ2n) is 7.81. The number of pyridine rings is 1. The Bertz CT molecular complexity index is 1190. The molecule has 0 unspecified atom stereocenters. The van der Waals surface area contributed by atoms with Gasteiger partial charge in [-0.15, -0.1) is 0 Å². The molecular formula is C27H27N3O2S. The van der Waals surface area contributed by atoms with Crippen molar-refractivity contribution in [2.45, 2.75) is 31.1 Å². The van der Waals surface area contributed by atoms with Crippen molar-refractivity contribution in [1.82, 2.24) is 14.6 Å². The average molecular weight is 458 g/mol. The van der Waals surface area contributed by atoms with Crippen LogP contribution in [0.15, 0.2) is 114 Å². The van der Waals surface area contributed by atoms with Gasteiger partial charge >= 0.3 is 0 Å². The third-order valence-corrected chi connectivity index (χ3v) is 7.13. The molecule has 3 aromatic carbocycles. The van der Waals surface area contributed by atoms with Crippen molar-refractivity contribution in [3.63, 3.8) is 0 Å². The van der Waals surface area contributed by atoms with Crippen molar-refractivity contribution < 1.29 is 8.42 Å². The van der Waals surface area contributed by atoms with Crippen molar-refractivity contribution >= 4 is 10.0 Å². The lowest BCUT2D eigenvalue weighted by Gasteiger charge is -2.23. The van der Waals surface area contributed by atoms with Gasteiger partial charge in [0.2, 0.25) is 10.0 Å². The molecular weight excluding hydrogens is 430 g/mol. The Morgan fingerprint density at radius 2 is 1.21 bits per heavy atom. The minimum atomic E-state index is -3.67. The van der Waals surface area contributed by atoms with Gasteiger partial charge in [0.15, 0.2) is 0 Å². The van der Waals surface area contributed by atoms with Gasteiger partial charge in [-0.25, -0.2) is 8.42 Å². The normalized spacial score (nSPS) is 11.5.